The molecule has 110 valence electrons. The van der Waals surface area contributed by atoms with Crippen LogP contribution in [0.2, 0.25) is 0 Å². The number of nitrogens with zero attached hydrogens (tertiary/aromatic N) is 2. The Hall–Kier alpha value is -0.550. The molecule has 0 aromatic heterocycles. The Labute approximate surface area is 126 Å². The maximum absolute atomic E-state index is 3.64. The molecule has 1 aromatic carbocycles. The van der Waals surface area contributed by atoms with Crippen LogP contribution in [0.1, 0.15) is 11.6 Å². The third kappa shape index (κ3) is 3.98. The van der Waals surface area contributed by atoms with E-state index in [0.29, 0.717) is 6.04 Å². The summed E-state index contributed by atoms with van der Waals surface area (Å²) < 4.78 is 0. The molecule has 1 unspecified atom stereocenters. The number of rotatable bonds is 4. The molecule has 3 nitrogen and oxygen atoms in total. The largest absolute Gasteiger partial charge is 0.308 e. The Morgan fingerprint density at radius 2 is 1.75 bits per heavy atom. The average molecular weight is 291 g/mol. The van der Waals surface area contributed by atoms with Gasteiger partial charge in [-0.1, -0.05) is 30.3 Å². The standard InChI is InChI=1S/C16H25N3S/c1-2-4-15(5-3-1)16-14-19(7-6-17-16)9-8-18-10-12-20-13-11-18/h1-5,16-17H,6-14H2. The van der Waals surface area contributed by atoms with Crippen molar-refractivity contribution in [2.45, 2.75) is 6.04 Å². The van der Waals surface area contributed by atoms with Crippen LogP contribution in [-0.4, -0.2) is 67.1 Å². The van der Waals surface area contributed by atoms with Gasteiger partial charge in [-0.05, 0) is 5.56 Å². The fourth-order valence-corrected chi connectivity index (χ4v) is 4.01. The molecule has 0 bridgehead atoms. The SMILES string of the molecule is c1ccc(C2CN(CCN3CCSCC3)CCN2)cc1. The van der Waals surface area contributed by atoms with Crippen LogP contribution in [0.25, 0.3) is 0 Å². The quantitative estimate of drug-likeness (QED) is 0.909. The molecular weight excluding hydrogens is 266 g/mol. The van der Waals surface area contributed by atoms with Gasteiger partial charge in [0, 0.05) is 63.4 Å². The van der Waals surface area contributed by atoms with E-state index in [4.69, 9.17) is 0 Å². The van der Waals surface area contributed by atoms with E-state index in [0.717, 1.165) is 13.1 Å². The average Bonchev–Trinajstić information content (AvgIpc) is 2.55. The Morgan fingerprint density at radius 3 is 2.55 bits per heavy atom. The Kier molecular flexibility index (Phi) is 5.36. The Balaban J connectivity index is 1.48. The number of hydrogen-bond donors (Lipinski definition) is 1. The van der Waals surface area contributed by atoms with Gasteiger partial charge in [-0.3, -0.25) is 4.90 Å². The van der Waals surface area contributed by atoms with E-state index < -0.39 is 0 Å². The maximum atomic E-state index is 3.64. The van der Waals surface area contributed by atoms with E-state index in [2.05, 4.69) is 57.2 Å². The highest BCUT2D eigenvalue weighted by Crippen LogP contribution is 2.17. The zero-order chi connectivity index (χ0) is 13.6. The van der Waals surface area contributed by atoms with E-state index in [-0.39, 0.29) is 0 Å². The molecular formula is C16H25N3S. The lowest BCUT2D eigenvalue weighted by molar-refractivity contribution is 0.171. The maximum Gasteiger partial charge on any atom is 0.0449 e. The zero-order valence-electron chi connectivity index (χ0n) is 12.1. The number of piperazine rings is 1. The van der Waals surface area contributed by atoms with Crippen molar-refractivity contribution in [1.29, 1.82) is 0 Å². The molecule has 20 heavy (non-hydrogen) atoms. The number of thioether (sulfide) groups is 1. The van der Waals surface area contributed by atoms with Crippen molar-refractivity contribution >= 4 is 11.8 Å². The molecule has 3 rings (SSSR count). The number of benzene rings is 1. The molecule has 1 aromatic rings. The van der Waals surface area contributed by atoms with E-state index in [1.165, 1.54) is 49.8 Å². The third-order valence-corrected chi connectivity index (χ3v) is 5.24. The van der Waals surface area contributed by atoms with Crippen molar-refractivity contribution in [1.82, 2.24) is 15.1 Å². The van der Waals surface area contributed by atoms with E-state index in [9.17, 15) is 0 Å². The number of hydrogen-bond acceptors (Lipinski definition) is 4. The first-order chi connectivity index (χ1) is 9.92. The molecule has 2 aliphatic heterocycles. The molecule has 0 spiro atoms. The highest BCUT2D eigenvalue weighted by Gasteiger charge is 2.21. The highest BCUT2D eigenvalue weighted by molar-refractivity contribution is 7.99. The lowest BCUT2D eigenvalue weighted by Gasteiger charge is -2.36. The fourth-order valence-electron chi connectivity index (χ4n) is 3.03. The van der Waals surface area contributed by atoms with Gasteiger partial charge in [0.05, 0.1) is 0 Å². The molecule has 1 N–H and O–H groups in total. The minimum absolute atomic E-state index is 0.502. The predicted molar refractivity (Wildman–Crippen MR) is 87.4 cm³/mol. The van der Waals surface area contributed by atoms with Crippen molar-refractivity contribution in [3.63, 3.8) is 0 Å². The van der Waals surface area contributed by atoms with Crippen LogP contribution >= 0.6 is 11.8 Å². The Morgan fingerprint density at radius 1 is 1.00 bits per heavy atom. The summed E-state index contributed by atoms with van der Waals surface area (Å²) >= 11 is 2.09. The minimum atomic E-state index is 0.502. The van der Waals surface area contributed by atoms with Gasteiger partial charge in [0.1, 0.15) is 0 Å². The molecule has 2 fully saturated rings. The molecule has 2 saturated heterocycles. The normalized spacial score (nSPS) is 25.7. The van der Waals surface area contributed by atoms with Gasteiger partial charge >= 0.3 is 0 Å². The van der Waals surface area contributed by atoms with Crippen LogP contribution in [0.4, 0.5) is 0 Å². The molecule has 2 aliphatic rings. The van der Waals surface area contributed by atoms with E-state index >= 15 is 0 Å². The van der Waals surface area contributed by atoms with Crippen LogP contribution in [-0.2, 0) is 0 Å². The van der Waals surface area contributed by atoms with Gasteiger partial charge in [0.25, 0.3) is 0 Å². The summed E-state index contributed by atoms with van der Waals surface area (Å²) in [6.45, 7) is 8.45. The third-order valence-electron chi connectivity index (χ3n) is 4.30. The van der Waals surface area contributed by atoms with E-state index in [1.807, 2.05) is 0 Å². The summed E-state index contributed by atoms with van der Waals surface area (Å²) in [5.41, 5.74) is 1.42. The second kappa shape index (κ2) is 7.46. The van der Waals surface area contributed by atoms with Crippen molar-refractivity contribution in [3.8, 4) is 0 Å². The second-order valence-electron chi connectivity index (χ2n) is 5.67. The number of nitrogens with one attached hydrogen (secondary N) is 1. The smallest absolute Gasteiger partial charge is 0.0449 e. The lowest BCUT2D eigenvalue weighted by atomic mass is 10.0. The van der Waals surface area contributed by atoms with Crippen LogP contribution in [0.3, 0.4) is 0 Å². The topological polar surface area (TPSA) is 18.5 Å². The van der Waals surface area contributed by atoms with E-state index in [1.54, 1.807) is 0 Å². The van der Waals surface area contributed by atoms with Crippen molar-refractivity contribution in [2.75, 3.05) is 57.3 Å². The predicted octanol–water partition coefficient (Wildman–Crippen LogP) is 1.68. The minimum Gasteiger partial charge on any atom is -0.308 e. The molecule has 4 heteroatoms. The van der Waals surface area contributed by atoms with Crippen LogP contribution in [0.15, 0.2) is 30.3 Å². The van der Waals surface area contributed by atoms with Crippen molar-refractivity contribution in [2.24, 2.45) is 0 Å². The Bertz CT molecular complexity index is 392. The molecule has 2 heterocycles. The fraction of sp³-hybridized carbons (Fsp3) is 0.625. The van der Waals surface area contributed by atoms with Gasteiger partial charge in [-0.2, -0.15) is 11.8 Å². The van der Waals surface area contributed by atoms with Gasteiger partial charge in [-0.25, -0.2) is 0 Å². The van der Waals surface area contributed by atoms with Crippen LogP contribution in [0, 0.1) is 0 Å². The second-order valence-corrected chi connectivity index (χ2v) is 6.90. The monoisotopic (exact) mass is 291 g/mol. The lowest BCUT2D eigenvalue weighted by Crippen LogP contribution is -2.48. The molecule has 0 saturated carbocycles. The van der Waals surface area contributed by atoms with Gasteiger partial charge in [0.15, 0.2) is 0 Å². The summed E-state index contributed by atoms with van der Waals surface area (Å²) in [7, 11) is 0. The van der Waals surface area contributed by atoms with Gasteiger partial charge < -0.3 is 10.2 Å². The van der Waals surface area contributed by atoms with Gasteiger partial charge in [-0.15, -0.1) is 0 Å². The summed E-state index contributed by atoms with van der Waals surface area (Å²) in [4.78, 5) is 5.24. The van der Waals surface area contributed by atoms with Crippen molar-refractivity contribution < 1.29 is 0 Å². The summed E-state index contributed by atoms with van der Waals surface area (Å²) in [6, 6.07) is 11.4. The zero-order valence-corrected chi connectivity index (χ0v) is 12.9. The van der Waals surface area contributed by atoms with Crippen molar-refractivity contribution in [3.05, 3.63) is 35.9 Å². The summed E-state index contributed by atoms with van der Waals surface area (Å²) in [5, 5.41) is 3.64. The van der Waals surface area contributed by atoms with Crippen LogP contribution < -0.4 is 5.32 Å². The van der Waals surface area contributed by atoms with Crippen LogP contribution in [0.5, 0.6) is 0 Å². The molecule has 0 radical (unpaired) electrons. The molecule has 1 atom stereocenters. The molecule has 0 aliphatic carbocycles. The molecule has 0 amide bonds. The summed E-state index contributed by atoms with van der Waals surface area (Å²) in [6.07, 6.45) is 0. The first-order valence-corrected chi connectivity index (χ1v) is 8.88. The van der Waals surface area contributed by atoms with Gasteiger partial charge in [0.2, 0.25) is 0 Å². The first kappa shape index (κ1) is 14.4. The highest BCUT2D eigenvalue weighted by atomic mass is 32.2. The summed E-state index contributed by atoms with van der Waals surface area (Å²) in [5.74, 6) is 2.63. The first-order valence-electron chi connectivity index (χ1n) is 7.72.